The molecule has 0 radical (unpaired) electrons. The second-order valence-electron chi connectivity index (χ2n) is 6.53. The first kappa shape index (κ1) is 21.0. The summed E-state index contributed by atoms with van der Waals surface area (Å²) in [6.07, 6.45) is 0. The number of amides is 1. The van der Waals surface area contributed by atoms with Gasteiger partial charge in [0, 0.05) is 11.8 Å². The van der Waals surface area contributed by atoms with Crippen molar-refractivity contribution in [3.8, 4) is 5.75 Å². The van der Waals surface area contributed by atoms with Gasteiger partial charge in [-0.15, -0.1) is 0 Å². The van der Waals surface area contributed by atoms with E-state index in [1.54, 1.807) is 18.2 Å². The topological polar surface area (TPSA) is 64.6 Å². The normalized spacial score (nSPS) is 10.4. The van der Waals surface area contributed by atoms with Gasteiger partial charge in [0.15, 0.2) is 18.2 Å². The van der Waals surface area contributed by atoms with E-state index in [9.17, 15) is 18.4 Å². The third-order valence-electron chi connectivity index (χ3n) is 4.12. The Morgan fingerprint density at radius 3 is 2.50 bits per heavy atom. The van der Waals surface area contributed by atoms with Crippen molar-refractivity contribution >= 4 is 17.6 Å². The first-order chi connectivity index (χ1) is 14.4. The summed E-state index contributed by atoms with van der Waals surface area (Å²) in [7, 11) is 0. The lowest BCUT2D eigenvalue weighted by molar-refractivity contribution is -0.119. The monoisotopic (exact) mass is 411 g/mol. The van der Waals surface area contributed by atoms with Gasteiger partial charge in [-0.1, -0.05) is 42.0 Å². The fourth-order valence-corrected chi connectivity index (χ4v) is 2.70. The van der Waals surface area contributed by atoms with Gasteiger partial charge in [-0.25, -0.2) is 13.6 Å². The highest BCUT2D eigenvalue weighted by Crippen LogP contribution is 2.21. The summed E-state index contributed by atoms with van der Waals surface area (Å²) in [4.78, 5) is 24.3. The molecule has 0 bridgehead atoms. The maximum atomic E-state index is 13.2. The molecule has 0 unspecified atom stereocenters. The number of ether oxygens (including phenoxy) is 2. The second kappa shape index (κ2) is 9.65. The Kier molecular flexibility index (Phi) is 6.75. The summed E-state index contributed by atoms with van der Waals surface area (Å²) >= 11 is 0. The molecule has 3 rings (SSSR count). The number of hydrogen-bond acceptors (Lipinski definition) is 4. The number of nitrogens with one attached hydrogen (secondary N) is 1. The van der Waals surface area contributed by atoms with Gasteiger partial charge in [-0.2, -0.15) is 0 Å². The summed E-state index contributed by atoms with van der Waals surface area (Å²) < 4.78 is 36.9. The van der Waals surface area contributed by atoms with E-state index in [1.165, 1.54) is 12.1 Å². The summed E-state index contributed by atoms with van der Waals surface area (Å²) in [5.41, 5.74) is 2.27. The minimum atomic E-state index is -1.09. The molecule has 0 aliphatic heterocycles. The van der Waals surface area contributed by atoms with Crippen LogP contribution in [0.5, 0.6) is 5.75 Å². The van der Waals surface area contributed by atoms with Crippen LogP contribution >= 0.6 is 0 Å². The lowest BCUT2D eigenvalue weighted by Crippen LogP contribution is -2.21. The summed E-state index contributed by atoms with van der Waals surface area (Å²) in [6, 6.07) is 17.2. The highest BCUT2D eigenvalue weighted by Gasteiger charge is 2.16. The minimum Gasteiger partial charge on any atom is -0.488 e. The van der Waals surface area contributed by atoms with Crippen molar-refractivity contribution in [1.82, 2.24) is 0 Å². The number of benzene rings is 3. The predicted molar refractivity (Wildman–Crippen MR) is 107 cm³/mol. The molecule has 7 heteroatoms. The number of carbonyl (C=O) groups excluding carboxylic acids is 2. The van der Waals surface area contributed by atoms with Crippen LogP contribution in [0.25, 0.3) is 0 Å². The molecule has 30 heavy (non-hydrogen) atoms. The van der Waals surface area contributed by atoms with Gasteiger partial charge >= 0.3 is 5.97 Å². The molecule has 0 spiro atoms. The van der Waals surface area contributed by atoms with E-state index in [-0.39, 0.29) is 17.9 Å². The van der Waals surface area contributed by atoms with Gasteiger partial charge in [0.05, 0.1) is 0 Å². The van der Waals surface area contributed by atoms with Crippen LogP contribution < -0.4 is 10.1 Å². The Morgan fingerprint density at radius 2 is 1.73 bits per heavy atom. The smallest absolute Gasteiger partial charge is 0.342 e. The van der Waals surface area contributed by atoms with E-state index >= 15 is 0 Å². The van der Waals surface area contributed by atoms with E-state index in [4.69, 9.17) is 9.47 Å². The molecular weight excluding hydrogens is 392 g/mol. The third-order valence-corrected chi connectivity index (χ3v) is 4.12. The van der Waals surface area contributed by atoms with Crippen LogP contribution in [0.4, 0.5) is 14.5 Å². The van der Waals surface area contributed by atoms with Gasteiger partial charge in [0.1, 0.15) is 17.9 Å². The summed E-state index contributed by atoms with van der Waals surface area (Å²) in [6.45, 7) is 1.65. The van der Waals surface area contributed by atoms with E-state index < -0.39 is 30.1 Å². The van der Waals surface area contributed by atoms with Crippen molar-refractivity contribution in [1.29, 1.82) is 0 Å². The molecule has 1 amide bonds. The quantitative estimate of drug-likeness (QED) is 0.575. The SMILES string of the molecule is Cc1cccc(COc2ccccc2C(=O)OCC(=O)Nc2ccc(F)c(F)c2)c1. The number of para-hydroxylation sites is 1. The van der Waals surface area contributed by atoms with Crippen molar-refractivity contribution in [3.05, 3.63) is 95.1 Å². The van der Waals surface area contributed by atoms with E-state index in [0.717, 1.165) is 23.3 Å². The molecule has 3 aromatic rings. The molecule has 0 aromatic heterocycles. The van der Waals surface area contributed by atoms with Crippen LogP contribution in [-0.2, 0) is 16.1 Å². The first-order valence-corrected chi connectivity index (χ1v) is 9.12. The van der Waals surface area contributed by atoms with Crippen LogP contribution in [0, 0.1) is 18.6 Å². The zero-order valence-electron chi connectivity index (χ0n) is 16.2. The number of anilines is 1. The van der Waals surface area contributed by atoms with Crippen molar-refractivity contribution in [2.75, 3.05) is 11.9 Å². The molecule has 0 aliphatic carbocycles. The van der Waals surface area contributed by atoms with Crippen LogP contribution in [0.2, 0.25) is 0 Å². The van der Waals surface area contributed by atoms with Gasteiger partial charge < -0.3 is 14.8 Å². The molecule has 0 heterocycles. The third kappa shape index (κ3) is 5.64. The molecule has 0 fully saturated rings. The number of halogens is 2. The van der Waals surface area contributed by atoms with E-state index in [1.807, 2.05) is 31.2 Å². The maximum Gasteiger partial charge on any atom is 0.342 e. The minimum absolute atomic E-state index is 0.0526. The fraction of sp³-hybridized carbons (Fsp3) is 0.130. The Morgan fingerprint density at radius 1 is 0.933 bits per heavy atom. The second-order valence-corrected chi connectivity index (χ2v) is 6.53. The van der Waals surface area contributed by atoms with E-state index in [2.05, 4.69) is 5.32 Å². The van der Waals surface area contributed by atoms with Crippen molar-refractivity contribution in [2.24, 2.45) is 0 Å². The fourth-order valence-electron chi connectivity index (χ4n) is 2.70. The Labute approximate surface area is 172 Å². The van der Waals surface area contributed by atoms with Crippen LogP contribution in [-0.4, -0.2) is 18.5 Å². The largest absolute Gasteiger partial charge is 0.488 e. The van der Waals surface area contributed by atoms with Gasteiger partial charge in [0.2, 0.25) is 0 Å². The molecule has 3 aromatic carbocycles. The molecular formula is C23H19F2NO4. The zero-order chi connectivity index (χ0) is 21.5. The predicted octanol–water partition coefficient (Wildman–Crippen LogP) is 4.65. The van der Waals surface area contributed by atoms with Crippen molar-refractivity contribution < 1.29 is 27.8 Å². The van der Waals surface area contributed by atoms with Crippen LogP contribution in [0.15, 0.2) is 66.7 Å². The lowest BCUT2D eigenvalue weighted by atomic mass is 10.1. The first-order valence-electron chi connectivity index (χ1n) is 9.12. The Hall–Kier alpha value is -3.74. The molecule has 0 saturated carbocycles. The Bertz CT molecular complexity index is 1070. The number of carbonyl (C=O) groups is 2. The van der Waals surface area contributed by atoms with Gasteiger partial charge in [-0.05, 0) is 36.8 Å². The van der Waals surface area contributed by atoms with Gasteiger partial charge in [-0.3, -0.25) is 4.79 Å². The average molecular weight is 411 g/mol. The average Bonchev–Trinajstić information content (AvgIpc) is 2.73. The number of esters is 1. The molecule has 154 valence electrons. The van der Waals surface area contributed by atoms with Crippen LogP contribution in [0.1, 0.15) is 21.5 Å². The van der Waals surface area contributed by atoms with Gasteiger partial charge in [0.25, 0.3) is 5.91 Å². The van der Waals surface area contributed by atoms with Crippen molar-refractivity contribution in [2.45, 2.75) is 13.5 Å². The molecule has 0 atom stereocenters. The number of hydrogen-bond donors (Lipinski definition) is 1. The van der Waals surface area contributed by atoms with E-state index in [0.29, 0.717) is 5.75 Å². The van der Waals surface area contributed by atoms with Crippen LogP contribution in [0.3, 0.4) is 0 Å². The molecule has 5 nitrogen and oxygen atoms in total. The lowest BCUT2D eigenvalue weighted by Gasteiger charge is -2.12. The highest BCUT2D eigenvalue weighted by molar-refractivity contribution is 5.96. The summed E-state index contributed by atoms with van der Waals surface area (Å²) in [5, 5.41) is 2.33. The standard InChI is InChI=1S/C23H19F2NO4/c1-15-5-4-6-16(11-15)13-29-21-8-3-2-7-18(21)23(28)30-14-22(27)26-17-9-10-19(24)20(25)12-17/h2-12H,13-14H2,1H3,(H,26,27). The molecule has 0 aliphatic rings. The zero-order valence-corrected chi connectivity index (χ0v) is 16.2. The summed E-state index contributed by atoms with van der Waals surface area (Å²) in [5.74, 6) is -3.22. The molecule has 0 saturated heterocycles. The highest BCUT2D eigenvalue weighted by atomic mass is 19.2. The number of rotatable bonds is 7. The number of aryl methyl sites for hydroxylation is 1. The maximum absolute atomic E-state index is 13.2. The Balaban J connectivity index is 1.58. The van der Waals surface area contributed by atoms with Crippen molar-refractivity contribution in [3.63, 3.8) is 0 Å². The molecule has 1 N–H and O–H groups in total.